The van der Waals surface area contributed by atoms with E-state index in [1.54, 1.807) is 6.92 Å². The van der Waals surface area contributed by atoms with Crippen molar-refractivity contribution >= 4 is 0 Å². The molecule has 0 bridgehead atoms. The van der Waals surface area contributed by atoms with Crippen LogP contribution in [0.1, 0.15) is 51.3 Å². The number of hydrogen-bond donors (Lipinski definition) is 0. The maximum atomic E-state index is 13.1. The summed E-state index contributed by atoms with van der Waals surface area (Å²) in [6, 6.07) is 1.88. The van der Waals surface area contributed by atoms with Gasteiger partial charge in [-0.05, 0) is 31.4 Å². The summed E-state index contributed by atoms with van der Waals surface area (Å²) in [5.41, 5.74) is 1.80. The second kappa shape index (κ2) is 4.73. The number of aromatic nitrogens is 1. The van der Waals surface area contributed by atoms with Gasteiger partial charge in [0.15, 0.2) is 0 Å². The Bertz CT molecular complexity index is 335. The first kappa shape index (κ1) is 12.2. The zero-order chi connectivity index (χ0) is 11.5. The van der Waals surface area contributed by atoms with Crippen molar-refractivity contribution in [3.8, 4) is 0 Å². The Labute approximate surface area is 91.7 Å². The van der Waals surface area contributed by atoms with Crippen LogP contribution in [0.3, 0.4) is 0 Å². The smallest absolute Gasteiger partial charge is 0.144 e. The Hall–Kier alpha value is -0.920. The number of hydrogen-bond acceptors (Lipinski definition) is 1. The third-order valence-corrected chi connectivity index (χ3v) is 3.25. The molecule has 1 aromatic heterocycles. The normalized spacial score (nSPS) is 15.0. The second-order valence-corrected chi connectivity index (χ2v) is 4.48. The molecule has 0 radical (unpaired) electrons. The molecule has 0 fully saturated rings. The van der Waals surface area contributed by atoms with Gasteiger partial charge < -0.3 is 0 Å². The Morgan fingerprint density at radius 2 is 2.07 bits per heavy atom. The third-order valence-electron chi connectivity index (χ3n) is 3.25. The minimum absolute atomic E-state index is 0.0905. The van der Waals surface area contributed by atoms with Crippen LogP contribution >= 0.6 is 0 Å². The molecule has 15 heavy (non-hydrogen) atoms. The van der Waals surface area contributed by atoms with E-state index < -0.39 is 0 Å². The standard InChI is InChI=1S/C13H20FN/c1-5-7-13(4,6-2)12-8-10(3)11(14)9-15-12/h8-9H,5-7H2,1-4H3. The van der Waals surface area contributed by atoms with E-state index >= 15 is 0 Å². The van der Waals surface area contributed by atoms with E-state index in [9.17, 15) is 4.39 Å². The van der Waals surface area contributed by atoms with Gasteiger partial charge in [0, 0.05) is 11.1 Å². The lowest BCUT2D eigenvalue weighted by molar-refractivity contribution is 0.400. The predicted molar refractivity (Wildman–Crippen MR) is 61.5 cm³/mol. The van der Waals surface area contributed by atoms with Crippen LogP contribution in [0, 0.1) is 12.7 Å². The van der Waals surface area contributed by atoms with E-state index in [0.29, 0.717) is 5.56 Å². The van der Waals surface area contributed by atoms with Gasteiger partial charge in [0.25, 0.3) is 0 Å². The molecule has 0 aromatic carbocycles. The fourth-order valence-corrected chi connectivity index (χ4v) is 1.91. The van der Waals surface area contributed by atoms with Crippen LogP contribution in [0.15, 0.2) is 12.3 Å². The summed E-state index contributed by atoms with van der Waals surface area (Å²) in [6.45, 7) is 8.33. The number of halogens is 1. The molecule has 2 heteroatoms. The lowest BCUT2D eigenvalue weighted by Gasteiger charge is -2.27. The van der Waals surface area contributed by atoms with Gasteiger partial charge in [-0.1, -0.05) is 27.2 Å². The molecule has 1 atom stereocenters. The number of aryl methyl sites for hydroxylation is 1. The highest BCUT2D eigenvalue weighted by atomic mass is 19.1. The molecule has 0 amide bonds. The maximum Gasteiger partial charge on any atom is 0.144 e. The fourth-order valence-electron chi connectivity index (χ4n) is 1.91. The summed E-state index contributed by atoms with van der Waals surface area (Å²) in [6.07, 6.45) is 4.61. The summed E-state index contributed by atoms with van der Waals surface area (Å²) in [7, 11) is 0. The van der Waals surface area contributed by atoms with Crippen molar-refractivity contribution in [2.24, 2.45) is 0 Å². The molecule has 0 aliphatic carbocycles. The molecular weight excluding hydrogens is 189 g/mol. The van der Waals surface area contributed by atoms with Gasteiger partial charge in [0.05, 0.1) is 6.20 Å². The van der Waals surface area contributed by atoms with Gasteiger partial charge in [-0.3, -0.25) is 4.98 Å². The van der Waals surface area contributed by atoms with Crippen molar-refractivity contribution in [1.29, 1.82) is 0 Å². The Morgan fingerprint density at radius 1 is 1.40 bits per heavy atom. The second-order valence-electron chi connectivity index (χ2n) is 4.48. The lowest BCUT2D eigenvalue weighted by Crippen LogP contribution is -2.22. The minimum atomic E-state index is -0.214. The summed E-state index contributed by atoms with van der Waals surface area (Å²) in [5.74, 6) is -0.214. The summed E-state index contributed by atoms with van der Waals surface area (Å²) in [5, 5.41) is 0. The van der Waals surface area contributed by atoms with Gasteiger partial charge in [-0.15, -0.1) is 0 Å². The van der Waals surface area contributed by atoms with Crippen molar-refractivity contribution in [3.63, 3.8) is 0 Å². The molecule has 0 aliphatic rings. The van der Waals surface area contributed by atoms with E-state index in [1.807, 2.05) is 6.07 Å². The van der Waals surface area contributed by atoms with E-state index in [4.69, 9.17) is 0 Å². The Balaban J connectivity index is 3.07. The zero-order valence-corrected chi connectivity index (χ0v) is 10.1. The average Bonchev–Trinajstić information content (AvgIpc) is 2.22. The molecular formula is C13H20FN. The predicted octanol–water partition coefficient (Wildman–Crippen LogP) is 4.00. The number of nitrogens with zero attached hydrogens (tertiary/aromatic N) is 1. The van der Waals surface area contributed by atoms with Crippen molar-refractivity contribution in [2.45, 2.75) is 52.4 Å². The van der Waals surface area contributed by atoms with Crippen molar-refractivity contribution in [2.75, 3.05) is 0 Å². The van der Waals surface area contributed by atoms with Crippen molar-refractivity contribution in [1.82, 2.24) is 4.98 Å². The SMILES string of the molecule is CCCC(C)(CC)c1cc(C)c(F)cn1. The van der Waals surface area contributed by atoms with E-state index in [-0.39, 0.29) is 11.2 Å². The molecule has 1 heterocycles. The van der Waals surface area contributed by atoms with Gasteiger partial charge in [0.1, 0.15) is 5.82 Å². The molecule has 1 nitrogen and oxygen atoms in total. The first-order valence-corrected chi connectivity index (χ1v) is 5.66. The molecule has 84 valence electrons. The summed E-state index contributed by atoms with van der Waals surface area (Å²) >= 11 is 0. The maximum absolute atomic E-state index is 13.1. The van der Waals surface area contributed by atoms with Gasteiger partial charge in [0.2, 0.25) is 0 Å². The topological polar surface area (TPSA) is 12.9 Å². The monoisotopic (exact) mass is 209 g/mol. The van der Waals surface area contributed by atoms with E-state index in [1.165, 1.54) is 6.20 Å². The van der Waals surface area contributed by atoms with Crippen molar-refractivity contribution in [3.05, 3.63) is 29.3 Å². The summed E-state index contributed by atoms with van der Waals surface area (Å²) < 4.78 is 13.1. The van der Waals surface area contributed by atoms with Crippen LogP contribution in [0.25, 0.3) is 0 Å². The van der Waals surface area contributed by atoms with E-state index in [2.05, 4.69) is 25.8 Å². The Kier molecular flexibility index (Phi) is 3.83. The van der Waals surface area contributed by atoms with Crippen LogP contribution in [-0.4, -0.2) is 4.98 Å². The third kappa shape index (κ3) is 2.55. The molecule has 0 saturated carbocycles. The first-order valence-electron chi connectivity index (χ1n) is 5.66. The molecule has 1 aromatic rings. The lowest BCUT2D eigenvalue weighted by atomic mass is 9.79. The van der Waals surface area contributed by atoms with Crippen molar-refractivity contribution < 1.29 is 4.39 Å². The highest BCUT2D eigenvalue weighted by Gasteiger charge is 2.25. The molecule has 0 N–H and O–H groups in total. The Morgan fingerprint density at radius 3 is 2.53 bits per heavy atom. The summed E-state index contributed by atoms with van der Waals surface area (Å²) in [4.78, 5) is 4.23. The van der Waals surface area contributed by atoms with Crippen LogP contribution in [0.2, 0.25) is 0 Å². The first-order chi connectivity index (χ1) is 7.03. The fraction of sp³-hybridized carbons (Fsp3) is 0.615. The van der Waals surface area contributed by atoms with Crippen LogP contribution in [0.4, 0.5) is 4.39 Å². The van der Waals surface area contributed by atoms with Gasteiger partial charge >= 0.3 is 0 Å². The highest BCUT2D eigenvalue weighted by molar-refractivity contribution is 5.22. The van der Waals surface area contributed by atoms with Crippen LogP contribution in [0.5, 0.6) is 0 Å². The number of rotatable bonds is 4. The average molecular weight is 209 g/mol. The largest absolute Gasteiger partial charge is 0.258 e. The van der Waals surface area contributed by atoms with Crippen LogP contribution in [-0.2, 0) is 5.41 Å². The van der Waals surface area contributed by atoms with Crippen LogP contribution < -0.4 is 0 Å². The van der Waals surface area contributed by atoms with Gasteiger partial charge in [-0.2, -0.15) is 0 Å². The molecule has 1 unspecified atom stereocenters. The molecule has 1 rings (SSSR count). The molecule has 0 saturated heterocycles. The molecule has 0 spiro atoms. The zero-order valence-electron chi connectivity index (χ0n) is 10.1. The quantitative estimate of drug-likeness (QED) is 0.730. The molecule has 0 aliphatic heterocycles. The minimum Gasteiger partial charge on any atom is -0.258 e. The highest BCUT2D eigenvalue weighted by Crippen LogP contribution is 2.31. The van der Waals surface area contributed by atoms with Gasteiger partial charge in [-0.25, -0.2) is 4.39 Å². The van der Waals surface area contributed by atoms with E-state index in [0.717, 1.165) is 25.0 Å². The number of pyridine rings is 1.